The zero-order valence-electron chi connectivity index (χ0n) is 38.3. The van der Waals surface area contributed by atoms with Gasteiger partial charge in [0.1, 0.15) is 0 Å². The third-order valence-corrected chi connectivity index (χ3v) is 13.8. The van der Waals surface area contributed by atoms with E-state index >= 15 is 0 Å². The third kappa shape index (κ3) is 8.19. The van der Waals surface area contributed by atoms with Crippen molar-refractivity contribution >= 4 is 22.5 Å². The van der Waals surface area contributed by atoms with Gasteiger partial charge in [0, 0.05) is 17.1 Å². The first-order chi connectivity index (χ1) is 33.0. The van der Waals surface area contributed by atoms with Gasteiger partial charge in [-0.2, -0.15) is 0 Å². The van der Waals surface area contributed by atoms with E-state index in [4.69, 9.17) is 0 Å². The van der Waals surface area contributed by atoms with Crippen molar-refractivity contribution in [2.45, 2.75) is 38.0 Å². The molecule has 0 atom stereocenters. The summed E-state index contributed by atoms with van der Waals surface area (Å²) in [6.07, 6.45) is 14.2. The van der Waals surface area contributed by atoms with Gasteiger partial charge < -0.3 is 4.90 Å². The van der Waals surface area contributed by atoms with E-state index in [9.17, 15) is 0 Å². The molecule has 0 saturated carbocycles. The summed E-state index contributed by atoms with van der Waals surface area (Å²) in [6, 6.07) is 74.2. The molecule has 0 aromatic heterocycles. The van der Waals surface area contributed by atoms with Gasteiger partial charge in [0.2, 0.25) is 0 Å². The molecular weight excluding hydrogens is 807 g/mol. The predicted octanol–water partition coefficient (Wildman–Crippen LogP) is 17.1. The highest BCUT2D eigenvalue weighted by Crippen LogP contribution is 2.50. The molecule has 0 radical (unpaired) electrons. The lowest BCUT2D eigenvalue weighted by Gasteiger charge is -2.39. The maximum atomic E-state index is 4.48. The van der Waals surface area contributed by atoms with Crippen LogP contribution in [0.2, 0.25) is 0 Å². The zero-order chi connectivity index (χ0) is 45.7. The Bertz CT molecular complexity index is 3180. The first-order valence-electron chi connectivity index (χ1n) is 23.5. The van der Waals surface area contributed by atoms with Gasteiger partial charge in [-0.05, 0) is 159 Å². The van der Waals surface area contributed by atoms with E-state index in [0.717, 1.165) is 70.6 Å². The van der Waals surface area contributed by atoms with Crippen LogP contribution in [0.25, 0.3) is 33.4 Å². The summed E-state index contributed by atoms with van der Waals surface area (Å²) in [6.45, 7) is 14.8. The third-order valence-electron chi connectivity index (χ3n) is 13.8. The van der Waals surface area contributed by atoms with Crippen molar-refractivity contribution in [1.29, 1.82) is 0 Å². The Hall–Kier alpha value is -8.00. The van der Waals surface area contributed by atoms with Crippen molar-refractivity contribution in [3.05, 3.63) is 312 Å². The molecule has 2 aliphatic rings. The van der Waals surface area contributed by atoms with Crippen molar-refractivity contribution in [3.63, 3.8) is 0 Å². The number of rotatable bonds is 10. The smallest absolute Gasteiger partial charge is 0.0707 e. The Labute approximate surface area is 397 Å². The van der Waals surface area contributed by atoms with Crippen LogP contribution in [0.5, 0.6) is 0 Å². The van der Waals surface area contributed by atoms with Crippen molar-refractivity contribution in [1.82, 2.24) is 0 Å². The number of hydrogen-bond acceptors (Lipinski definition) is 1. The molecule has 324 valence electrons. The van der Waals surface area contributed by atoms with Crippen molar-refractivity contribution in [2.24, 2.45) is 0 Å². The molecule has 8 aromatic rings. The normalized spacial score (nSPS) is 14.1. The minimum absolute atomic E-state index is 0.538. The van der Waals surface area contributed by atoms with Crippen molar-refractivity contribution in [2.75, 3.05) is 4.90 Å². The van der Waals surface area contributed by atoms with Crippen LogP contribution >= 0.6 is 0 Å². The number of fused-ring (bicyclic) bond motifs is 4. The van der Waals surface area contributed by atoms with E-state index in [-0.39, 0.29) is 0 Å². The van der Waals surface area contributed by atoms with Gasteiger partial charge in [0.15, 0.2) is 0 Å². The molecule has 0 fully saturated rings. The SMILES string of the molecule is C=C/C=C(\C)c1cc(-c2ccccc2)cc(N(C(=C)C=C)c2ccc(-c3ccc4c(c3)C3=C(CCC=C3)Cc3ccccc3C(c3ccccc3)(c3ccccc3)c3ccccc3C4)cc2)c1. The molecule has 0 bridgehead atoms. The van der Waals surface area contributed by atoms with E-state index in [0.29, 0.717) is 0 Å². The number of benzene rings is 8. The Morgan fingerprint density at radius 3 is 1.76 bits per heavy atom. The second-order valence-corrected chi connectivity index (χ2v) is 17.8. The van der Waals surface area contributed by atoms with E-state index in [1.165, 1.54) is 61.2 Å². The van der Waals surface area contributed by atoms with Crippen molar-refractivity contribution in [3.8, 4) is 22.3 Å². The highest BCUT2D eigenvalue weighted by Gasteiger charge is 2.41. The standard InChI is InChI=1S/C66H55N/c1-5-22-47(3)56-43-57(49-23-10-7-11-24-49)45-61(44-56)67(48(4)6-2)60-39-37-50(38-40-60)51-35-36-53-42-55-27-18-21-34-65(55)66(58-28-12-8-13-29-58,59-30-14-9-15-31-59)64-33-20-17-26-54(64)41-52-25-16-19-32-62(52)63(53)46-51/h5-15,17-24,26-40,43-46H,1-2,4,16,25,41-42H2,3H3/b47-22+. The van der Waals surface area contributed by atoms with Crippen LogP contribution in [0, 0.1) is 0 Å². The van der Waals surface area contributed by atoms with Gasteiger partial charge in [-0.1, -0.05) is 213 Å². The summed E-state index contributed by atoms with van der Waals surface area (Å²) in [7, 11) is 0. The predicted molar refractivity (Wildman–Crippen MR) is 286 cm³/mol. The lowest BCUT2D eigenvalue weighted by atomic mass is 9.62. The zero-order valence-corrected chi connectivity index (χ0v) is 38.3. The fourth-order valence-corrected chi connectivity index (χ4v) is 10.6. The van der Waals surface area contributed by atoms with Crippen LogP contribution in [0.3, 0.4) is 0 Å². The minimum Gasteiger partial charge on any atom is -0.311 e. The van der Waals surface area contributed by atoms with Crippen molar-refractivity contribution < 1.29 is 0 Å². The monoisotopic (exact) mass is 861 g/mol. The summed E-state index contributed by atoms with van der Waals surface area (Å²) >= 11 is 0. The van der Waals surface area contributed by atoms with Gasteiger partial charge in [-0.3, -0.25) is 0 Å². The van der Waals surface area contributed by atoms with Gasteiger partial charge in [-0.25, -0.2) is 0 Å². The molecule has 8 aromatic carbocycles. The van der Waals surface area contributed by atoms with E-state index in [2.05, 4.69) is 250 Å². The number of allylic oxidation sites excluding steroid dienone is 8. The molecule has 0 spiro atoms. The van der Waals surface area contributed by atoms with Gasteiger partial charge >= 0.3 is 0 Å². The second kappa shape index (κ2) is 18.8. The molecule has 0 aliphatic heterocycles. The van der Waals surface area contributed by atoms with E-state index in [1.807, 2.05) is 12.2 Å². The van der Waals surface area contributed by atoms with Crippen LogP contribution < -0.4 is 4.90 Å². The number of nitrogens with zero attached hydrogens (tertiary/aromatic N) is 1. The fraction of sp³-hybridized carbons (Fsp3) is 0.0909. The molecule has 0 N–H and O–H groups in total. The molecule has 0 heterocycles. The minimum atomic E-state index is -0.538. The maximum absolute atomic E-state index is 4.48. The van der Waals surface area contributed by atoms with E-state index in [1.54, 1.807) is 0 Å². The molecular formula is C66H55N. The first kappa shape index (κ1) is 42.9. The molecule has 0 amide bonds. The molecule has 2 aliphatic carbocycles. The van der Waals surface area contributed by atoms with Gasteiger partial charge in [0.05, 0.1) is 5.41 Å². The van der Waals surface area contributed by atoms with Crippen LogP contribution in [0.1, 0.15) is 69.8 Å². The second-order valence-electron chi connectivity index (χ2n) is 17.8. The fourth-order valence-electron chi connectivity index (χ4n) is 10.6. The molecule has 10 rings (SSSR count). The lowest BCUT2D eigenvalue weighted by molar-refractivity contribution is 0.722. The molecule has 1 nitrogen and oxygen atoms in total. The maximum Gasteiger partial charge on any atom is 0.0707 e. The van der Waals surface area contributed by atoms with Gasteiger partial charge in [-0.15, -0.1) is 0 Å². The number of anilines is 2. The first-order valence-corrected chi connectivity index (χ1v) is 23.5. The van der Waals surface area contributed by atoms with Gasteiger partial charge in [0.25, 0.3) is 0 Å². The van der Waals surface area contributed by atoms with Crippen LogP contribution in [0.4, 0.5) is 11.4 Å². The quantitative estimate of drug-likeness (QED) is 0.124. The average molecular weight is 862 g/mol. The largest absolute Gasteiger partial charge is 0.311 e. The Balaban J connectivity index is 1.11. The van der Waals surface area contributed by atoms with Crippen LogP contribution in [-0.2, 0) is 18.3 Å². The highest BCUT2D eigenvalue weighted by molar-refractivity contribution is 5.85. The van der Waals surface area contributed by atoms with E-state index < -0.39 is 5.41 Å². The lowest BCUT2D eigenvalue weighted by Crippen LogP contribution is -2.33. The van der Waals surface area contributed by atoms with Crippen LogP contribution in [0.15, 0.2) is 262 Å². The summed E-state index contributed by atoms with van der Waals surface area (Å²) < 4.78 is 0. The molecule has 1 heteroatoms. The topological polar surface area (TPSA) is 3.24 Å². The average Bonchev–Trinajstić information content (AvgIpc) is 3.40. The Morgan fingerprint density at radius 1 is 0.537 bits per heavy atom. The number of hydrogen-bond donors (Lipinski definition) is 0. The summed E-state index contributed by atoms with van der Waals surface area (Å²) in [5, 5.41) is 0. The molecule has 0 saturated heterocycles. The summed E-state index contributed by atoms with van der Waals surface area (Å²) in [5.74, 6) is 0. The molecule has 0 unspecified atom stereocenters. The highest BCUT2D eigenvalue weighted by atomic mass is 15.1. The Morgan fingerprint density at radius 2 is 1.12 bits per heavy atom. The Kier molecular flexibility index (Phi) is 12.1. The van der Waals surface area contributed by atoms with Crippen LogP contribution in [-0.4, -0.2) is 0 Å². The summed E-state index contributed by atoms with van der Waals surface area (Å²) in [4.78, 5) is 2.20. The molecule has 67 heavy (non-hydrogen) atoms. The summed E-state index contributed by atoms with van der Waals surface area (Å²) in [5.41, 5.74) is 22.6.